The van der Waals surface area contributed by atoms with Crippen molar-refractivity contribution < 1.29 is 18.0 Å². The summed E-state index contributed by atoms with van der Waals surface area (Å²) < 4.78 is 28.5. The van der Waals surface area contributed by atoms with Crippen molar-refractivity contribution in [2.24, 2.45) is 5.92 Å². The summed E-state index contributed by atoms with van der Waals surface area (Å²) in [5.74, 6) is 0.0312. The molecule has 2 aromatic rings. The van der Waals surface area contributed by atoms with Crippen LogP contribution >= 0.6 is 11.6 Å². The van der Waals surface area contributed by atoms with Gasteiger partial charge in [0.05, 0.1) is 17.4 Å². The smallest absolute Gasteiger partial charge is 0.244 e. The van der Waals surface area contributed by atoms with Crippen LogP contribution in [0.25, 0.3) is 0 Å². The Labute approximate surface area is 235 Å². The van der Waals surface area contributed by atoms with E-state index >= 15 is 0 Å². The number of carbonyl (C=O) groups excluding carboxylic acids is 2. The highest BCUT2D eigenvalue weighted by Crippen LogP contribution is 2.32. The Kier molecular flexibility index (Phi) is 8.33. The van der Waals surface area contributed by atoms with Gasteiger partial charge >= 0.3 is 0 Å². The van der Waals surface area contributed by atoms with E-state index in [1.807, 2.05) is 0 Å². The number of nitrogens with one attached hydrogen (secondary N) is 3. The fourth-order valence-electron chi connectivity index (χ4n) is 5.63. The fourth-order valence-corrected chi connectivity index (χ4v) is 7.73. The average Bonchev–Trinajstić information content (AvgIpc) is 3.72. The summed E-state index contributed by atoms with van der Waals surface area (Å²) in [6.45, 7) is 5.61. The quantitative estimate of drug-likeness (QED) is 0.426. The van der Waals surface area contributed by atoms with Gasteiger partial charge in [-0.15, -0.1) is 0 Å². The third-order valence-electron chi connectivity index (χ3n) is 8.02. The minimum absolute atomic E-state index is 0.0942. The summed E-state index contributed by atoms with van der Waals surface area (Å²) in [7, 11) is -4.03. The molecule has 2 atom stereocenters. The number of halogens is 1. The number of fused-ring (bicyclic) bond motifs is 1. The second kappa shape index (κ2) is 11.6. The Morgan fingerprint density at radius 2 is 1.92 bits per heavy atom. The van der Waals surface area contributed by atoms with Crippen molar-refractivity contribution in [3.63, 3.8) is 0 Å². The predicted octanol–water partition coefficient (Wildman–Crippen LogP) is 3.53. The molecule has 8 nitrogen and oxygen atoms in total. The molecule has 2 fully saturated rings. The Bertz CT molecular complexity index is 1380. The summed E-state index contributed by atoms with van der Waals surface area (Å²) in [5.41, 5.74) is 4.72. The number of benzene rings is 2. The van der Waals surface area contributed by atoms with Crippen LogP contribution in [0.1, 0.15) is 66.0 Å². The summed E-state index contributed by atoms with van der Waals surface area (Å²) in [6, 6.07) is 8.31. The molecule has 0 unspecified atom stereocenters. The highest BCUT2D eigenvalue weighted by Gasteiger charge is 2.40. The van der Waals surface area contributed by atoms with E-state index in [0.29, 0.717) is 16.1 Å². The summed E-state index contributed by atoms with van der Waals surface area (Å²) >= 11 is 6.19. The molecule has 1 heterocycles. The Morgan fingerprint density at radius 1 is 1.13 bits per heavy atom. The van der Waals surface area contributed by atoms with Gasteiger partial charge in [0, 0.05) is 24.7 Å². The minimum Gasteiger partial charge on any atom is -0.353 e. The number of carbonyl (C=O) groups is 2. The predicted molar refractivity (Wildman–Crippen MR) is 151 cm³/mol. The summed E-state index contributed by atoms with van der Waals surface area (Å²) in [5, 5.41) is 9.83. The Hall–Kier alpha value is -2.46. The molecule has 0 aromatic heterocycles. The first-order chi connectivity index (χ1) is 18.6. The lowest BCUT2D eigenvalue weighted by Gasteiger charge is -2.34. The number of hydrogen-bond donors (Lipinski definition) is 3. The zero-order chi connectivity index (χ0) is 27.7. The molecule has 2 aliphatic carbocycles. The van der Waals surface area contributed by atoms with Crippen molar-refractivity contribution in [2.45, 2.75) is 75.9 Å². The number of amides is 2. The molecule has 2 aromatic carbocycles. The number of sulfonamides is 1. The van der Waals surface area contributed by atoms with Crippen molar-refractivity contribution in [1.29, 1.82) is 0 Å². The lowest BCUT2D eigenvalue weighted by Crippen LogP contribution is -2.58. The molecule has 2 amide bonds. The number of aryl methyl sites for hydroxylation is 3. The van der Waals surface area contributed by atoms with Crippen LogP contribution in [0.15, 0.2) is 35.2 Å². The molecule has 39 heavy (non-hydrogen) atoms. The first-order valence-corrected chi connectivity index (χ1v) is 15.6. The minimum atomic E-state index is -4.03. The molecule has 0 radical (unpaired) electrons. The van der Waals surface area contributed by atoms with Crippen molar-refractivity contribution in [1.82, 2.24) is 20.3 Å². The number of rotatable bonds is 9. The zero-order valence-corrected chi connectivity index (χ0v) is 24.1. The summed E-state index contributed by atoms with van der Waals surface area (Å²) in [6.07, 6.45) is 5.13. The fraction of sp³-hybridized carbons (Fsp3) is 0.517. The van der Waals surface area contributed by atoms with E-state index in [-0.39, 0.29) is 36.4 Å². The molecular weight excluding hydrogens is 536 g/mol. The molecule has 0 spiro atoms. The monoisotopic (exact) mass is 572 g/mol. The standard InChI is InChI=1S/C29H37ClN4O4S/c1-18-13-27(19(2)12-24(18)30)39(37,38)34-11-10-32-29(36)26(34)15-28(35)33-25-5-3-4-22-14-21(8-9-23(22)25)17-31-16-20-6-7-20/h8-9,12-14,20,25-26,31H,3-7,10-11,15-17H2,1-2H3,(H,32,36)(H,33,35)/t25-,26-/m1/s1. The highest BCUT2D eigenvalue weighted by molar-refractivity contribution is 7.89. The zero-order valence-electron chi connectivity index (χ0n) is 22.6. The lowest BCUT2D eigenvalue weighted by atomic mass is 9.86. The van der Waals surface area contributed by atoms with Crippen LogP contribution in [0, 0.1) is 19.8 Å². The van der Waals surface area contributed by atoms with E-state index in [2.05, 4.69) is 34.1 Å². The van der Waals surface area contributed by atoms with Crippen LogP contribution in [0.4, 0.5) is 0 Å². The molecule has 210 valence electrons. The van der Waals surface area contributed by atoms with Gasteiger partial charge in [0.2, 0.25) is 21.8 Å². The first-order valence-electron chi connectivity index (χ1n) is 13.8. The van der Waals surface area contributed by atoms with Crippen molar-refractivity contribution >= 4 is 33.4 Å². The third kappa shape index (κ3) is 6.32. The van der Waals surface area contributed by atoms with Gasteiger partial charge in [0.15, 0.2) is 0 Å². The van der Waals surface area contributed by atoms with Gasteiger partial charge in [0.25, 0.3) is 0 Å². The third-order valence-corrected chi connectivity index (χ3v) is 10.5. The van der Waals surface area contributed by atoms with Crippen LogP contribution in [-0.2, 0) is 32.6 Å². The molecule has 1 saturated heterocycles. The van der Waals surface area contributed by atoms with E-state index in [0.717, 1.165) is 48.1 Å². The van der Waals surface area contributed by atoms with Crippen molar-refractivity contribution in [2.75, 3.05) is 19.6 Å². The maximum absolute atomic E-state index is 13.7. The van der Waals surface area contributed by atoms with Gasteiger partial charge in [0.1, 0.15) is 6.04 Å². The number of hydrogen-bond acceptors (Lipinski definition) is 5. The molecular formula is C29H37ClN4O4S. The van der Waals surface area contributed by atoms with E-state index in [1.54, 1.807) is 19.9 Å². The van der Waals surface area contributed by atoms with E-state index in [4.69, 9.17) is 11.6 Å². The van der Waals surface area contributed by atoms with Gasteiger partial charge in [-0.05, 0) is 98.4 Å². The number of piperazine rings is 1. The van der Waals surface area contributed by atoms with Gasteiger partial charge in [-0.3, -0.25) is 9.59 Å². The molecule has 3 N–H and O–H groups in total. The molecule has 0 bridgehead atoms. The summed E-state index contributed by atoms with van der Waals surface area (Å²) in [4.78, 5) is 26.2. The largest absolute Gasteiger partial charge is 0.353 e. The van der Waals surface area contributed by atoms with Crippen molar-refractivity contribution in [3.05, 3.63) is 63.2 Å². The molecule has 3 aliphatic rings. The molecule has 1 saturated carbocycles. The second-order valence-corrected chi connectivity index (χ2v) is 13.4. The topological polar surface area (TPSA) is 108 Å². The molecule has 5 rings (SSSR count). The molecule has 10 heteroatoms. The van der Waals surface area contributed by atoms with Crippen LogP contribution in [0.3, 0.4) is 0 Å². The van der Waals surface area contributed by atoms with Crippen molar-refractivity contribution in [3.8, 4) is 0 Å². The van der Waals surface area contributed by atoms with Crippen LogP contribution in [0.5, 0.6) is 0 Å². The second-order valence-electron chi connectivity index (χ2n) is 11.1. The van der Waals surface area contributed by atoms with E-state index in [9.17, 15) is 18.0 Å². The van der Waals surface area contributed by atoms with Crippen LogP contribution in [0.2, 0.25) is 5.02 Å². The average molecular weight is 573 g/mol. The Balaban J connectivity index is 1.29. The highest BCUT2D eigenvalue weighted by atomic mass is 35.5. The van der Waals surface area contributed by atoms with Gasteiger partial charge in [-0.25, -0.2) is 8.42 Å². The maximum Gasteiger partial charge on any atom is 0.244 e. The van der Waals surface area contributed by atoms with Gasteiger partial charge < -0.3 is 16.0 Å². The SMILES string of the molecule is Cc1cc(S(=O)(=O)N2CCNC(=O)[C@H]2CC(=O)N[C@@H]2CCCc3cc(CNCC4CC4)ccc32)c(C)cc1Cl. The number of nitrogens with zero attached hydrogens (tertiary/aromatic N) is 1. The Morgan fingerprint density at radius 3 is 2.69 bits per heavy atom. The van der Waals surface area contributed by atoms with Gasteiger partial charge in [-0.2, -0.15) is 4.31 Å². The normalized spacial score (nSPS) is 21.8. The van der Waals surface area contributed by atoms with Crippen LogP contribution < -0.4 is 16.0 Å². The van der Waals surface area contributed by atoms with E-state index < -0.39 is 22.0 Å². The van der Waals surface area contributed by atoms with E-state index in [1.165, 1.54) is 30.0 Å². The lowest BCUT2D eigenvalue weighted by molar-refractivity contribution is -0.132. The first kappa shape index (κ1) is 28.1. The van der Waals surface area contributed by atoms with Crippen LogP contribution in [-0.4, -0.2) is 50.2 Å². The maximum atomic E-state index is 13.7. The molecule has 1 aliphatic heterocycles. The van der Waals surface area contributed by atoms with Gasteiger partial charge in [-0.1, -0.05) is 29.8 Å².